The zero-order valence-corrected chi connectivity index (χ0v) is 17.2. The van der Waals surface area contributed by atoms with Gasteiger partial charge in [-0.15, -0.1) is 0 Å². The van der Waals surface area contributed by atoms with Gasteiger partial charge in [0, 0.05) is 0 Å². The molecular formula is C21H26N2O4S. The molecule has 150 valence electrons. The predicted molar refractivity (Wildman–Crippen MR) is 110 cm³/mol. The highest BCUT2D eigenvalue weighted by molar-refractivity contribution is 7.92. The average Bonchev–Trinajstić information content (AvgIpc) is 2.68. The van der Waals surface area contributed by atoms with Crippen molar-refractivity contribution in [3.63, 3.8) is 0 Å². The van der Waals surface area contributed by atoms with Crippen LogP contribution in [0.1, 0.15) is 36.9 Å². The Morgan fingerprint density at radius 1 is 1.18 bits per heavy atom. The summed E-state index contributed by atoms with van der Waals surface area (Å²) in [5.74, 6) is 0.302. The molecule has 0 aromatic heterocycles. The molecule has 1 aliphatic carbocycles. The maximum absolute atomic E-state index is 13.0. The largest absolute Gasteiger partial charge is 0.497 e. The van der Waals surface area contributed by atoms with Gasteiger partial charge in [-0.3, -0.25) is 9.10 Å². The average molecular weight is 403 g/mol. The van der Waals surface area contributed by atoms with Gasteiger partial charge in [-0.25, -0.2) is 8.42 Å². The zero-order valence-electron chi connectivity index (χ0n) is 16.4. The second-order valence-corrected chi connectivity index (χ2v) is 8.94. The molecule has 2 aromatic rings. The highest BCUT2D eigenvalue weighted by atomic mass is 32.2. The summed E-state index contributed by atoms with van der Waals surface area (Å²) in [6.07, 6.45) is 3.94. The maximum atomic E-state index is 13.0. The number of ether oxygens (including phenoxy) is 1. The quantitative estimate of drug-likeness (QED) is 0.806. The van der Waals surface area contributed by atoms with Gasteiger partial charge in [-0.1, -0.05) is 24.3 Å². The second kappa shape index (κ2) is 8.22. The van der Waals surface area contributed by atoms with Crippen molar-refractivity contribution in [2.75, 3.05) is 17.7 Å². The SMILES string of the molecule is COc1ccc(N([C@H](C)C(=O)N[C@@H]2CCCc3ccccc32)S(C)(=O)=O)cc1. The van der Waals surface area contributed by atoms with Crippen molar-refractivity contribution in [3.8, 4) is 5.75 Å². The van der Waals surface area contributed by atoms with Crippen LogP contribution in [0.2, 0.25) is 0 Å². The van der Waals surface area contributed by atoms with Crippen LogP contribution in [0.3, 0.4) is 0 Å². The molecule has 2 aromatic carbocycles. The Balaban J connectivity index is 1.83. The van der Waals surface area contributed by atoms with E-state index in [2.05, 4.69) is 11.4 Å². The van der Waals surface area contributed by atoms with E-state index in [1.54, 1.807) is 38.3 Å². The number of fused-ring (bicyclic) bond motifs is 1. The number of benzene rings is 2. The lowest BCUT2D eigenvalue weighted by molar-refractivity contribution is -0.122. The minimum absolute atomic E-state index is 0.0998. The summed E-state index contributed by atoms with van der Waals surface area (Å²) in [6.45, 7) is 1.61. The van der Waals surface area contributed by atoms with E-state index in [1.165, 1.54) is 5.56 Å². The van der Waals surface area contributed by atoms with Crippen molar-refractivity contribution in [2.24, 2.45) is 0 Å². The molecular weight excluding hydrogens is 376 g/mol. The Morgan fingerprint density at radius 2 is 1.86 bits per heavy atom. The molecule has 0 fully saturated rings. The third kappa shape index (κ3) is 4.30. The maximum Gasteiger partial charge on any atom is 0.244 e. The third-order valence-corrected chi connectivity index (χ3v) is 6.34. The lowest BCUT2D eigenvalue weighted by Crippen LogP contribution is -2.49. The van der Waals surface area contributed by atoms with E-state index in [4.69, 9.17) is 4.74 Å². The molecule has 7 heteroatoms. The van der Waals surface area contributed by atoms with E-state index in [1.807, 2.05) is 18.2 Å². The molecule has 0 unspecified atom stereocenters. The van der Waals surface area contributed by atoms with Crippen LogP contribution in [-0.4, -0.2) is 33.7 Å². The molecule has 0 heterocycles. The van der Waals surface area contributed by atoms with Crippen molar-refractivity contribution in [3.05, 3.63) is 59.7 Å². The van der Waals surface area contributed by atoms with Gasteiger partial charge in [-0.2, -0.15) is 0 Å². The predicted octanol–water partition coefficient (Wildman–Crippen LogP) is 3.04. The Bertz CT molecular complexity index is 941. The molecule has 1 amide bonds. The van der Waals surface area contributed by atoms with Gasteiger partial charge < -0.3 is 10.1 Å². The standard InChI is InChI=1S/C21H26N2O4S/c1-15(23(28(3,25)26)17-11-13-18(27-2)14-12-17)21(24)22-20-10-6-8-16-7-4-5-9-19(16)20/h4-5,7,9,11-15,20H,6,8,10H2,1-3H3,(H,22,24)/t15-,20-/m1/s1. The van der Waals surface area contributed by atoms with Crippen LogP contribution in [0, 0.1) is 0 Å². The number of aryl methyl sites for hydroxylation is 1. The number of methoxy groups -OCH3 is 1. The minimum atomic E-state index is -3.65. The van der Waals surface area contributed by atoms with Crippen LogP contribution in [0.25, 0.3) is 0 Å². The van der Waals surface area contributed by atoms with E-state index in [-0.39, 0.29) is 11.9 Å². The number of sulfonamides is 1. The van der Waals surface area contributed by atoms with E-state index < -0.39 is 16.1 Å². The Hall–Kier alpha value is -2.54. The van der Waals surface area contributed by atoms with Crippen LogP contribution in [0.15, 0.2) is 48.5 Å². The van der Waals surface area contributed by atoms with Gasteiger partial charge in [0.2, 0.25) is 15.9 Å². The highest BCUT2D eigenvalue weighted by Crippen LogP contribution is 2.30. The molecule has 0 spiro atoms. The smallest absolute Gasteiger partial charge is 0.244 e. The molecule has 0 aliphatic heterocycles. The van der Waals surface area contributed by atoms with E-state index in [9.17, 15) is 13.2 Å². The van der Waals surface area contributed by atoms with Gasteiger partial charge in [0.05, 0.1) is 25.1 Å². The molecule has 1 N–H and O–H groups in total. The van der Waals surface area contributed by atoms with Crippen molar-refractivity contribution in [1.82, 2.24) is 5.32 Å². The summed E-state index contributed by atoms with van der Waals surface area (Å²) in [7, 11) is -2.11. The first-order valence-corrected chi connectivity index (χ1v) is 11.2. The summed E-state index contributed by atoms with van der Waals surface area (Å²) >= 11 is 0. The first-order chi connectivity index (χ1) is 13.3. The van der Waals surface area contributed by atoms with E-state index in [0.29, 0.717) is 11.4 Å². The van der Waals surface area contributed by atoms with E-state index >= 15 is 0 Å². The number of amides is 1. The fourth-order valence-corrected chi connectivity index (χ4v) is 4.91. The fraction of sp³-hybridized carbons (Fsp3) is 0.381. The molecule has 3 rings (SSSR count). The number of hydrogen-bond donors (Lipinski definition) is 1. The summed E-state index contributed by atoms with van der Waals surface area (Å²) in [4.78, 5) is 13.0. The van der Waals surface area contributed by atoms with Gasteiger partial charge in [0.1, 0.15) is 11.8 Å². The van der Waals surface area contributed by atoms with Crippen molar-refractivity contribution >= 4 is 21.6 Å². The molecule has 0 bridgehead atoms. The van der Waals surface area contributed by atoms with Crippen LogP contribution in [-0.2, 0) is 21.2 Å². The van der Waals surface area contributed by atoms with Gasteiger partial charge >= 0.3 is 0 Å². The summed E-state index contributed by atoms with van der Waals surface area (Å²) < 4.78 is 31.2. The normalized spacial score (nSPS) is 17.3. The highest BCUT2D eigenvalue weighted by Gasteiger charge is 2.31. The van der Waals surface area contributed by atoms with Gasteiger partial charge in [-0.05, 0) is 61.6 Å². The number of rotatable bonds is 6. The first kappa shape index (κ1) is 20.2. The Kier molecular flexibility index (Phi) is 5.93. The number of carbonyl (C=O) groups excluding carboxylic acids is 1. The summed E-state index contributed by atoms with van der Waals surface area (Å²) in [5.41, 5.74) is 2.78. The van der Waals surface area contributed by atoms with Gasteiger partial charge in [0.15, 0.2) is 0 Å². The Labute approximate surface area is 166 Å². The monoisotopic (exact) mass is 402 g/mol. The van der Waals surface area contributed by atoms with Gasteiger partial charge in [0.25, 0.3) is 0 Å². The van der Waals surface area contributed by atoms with Crippen molar-refractivity contribution in [1.29, 1.82) is 0 Å². The topological polar surface area (TPSA) is 75.7 Å². The van der Waals surface area contributed by atoms with Crippen LogP contribution in [0.4, 0.5) is 5.69 Å². The number of carbonyl (C=O) groups is 1. The van der Waals surface area contributed by atoms with Crippen LogP contribution < -0.4 is 14.4 Å². The number of anilines is 1. The summed E-state index contributed by atoms with van der Waals surface area (Å²) in [5, 5.41) is 3.05. The number of hydrogen-bond acceptors (Lipinski definition) is 4. The molecule has 1 aliphatic rings. The summed E-state index contributed by atoms with van der Waals surface area (Å²) in [6, 6.07) is 13.7. The van der Waals surface area contributed by atoms with Crippen molar-refractivity contribution < 1.29 is 17.9 Å². The second-order valence-electron chi connectivity index (χ2n) is 7.09. The molecule has 0 saturated carbocycles. The number of nitrogens with zero attached hydrogens (tertiary/aromatic N) is 1. The number of nitrogens with one attached hydrogen (secondary N) is 1. The van der Waals surface area contributed by atoms with Crippen LogP contribution in [0.5, 0.6) is 5.75 Å². The minimum Gasteiger partial charge on any atom is -0.497 e. The lowest BCUT2D eigenvalue weighted by atomic mass is 9.87. The first-order valence-electron chi connectivity index (χ1n) is 9.33. The molecule has 28 heavy (non-hydrogen) atoms. The fourth-order valence-electron chi connectivity index (χ4n) is 3.73. The molecule has 6 nitrogen and oxygen atoms in total. The molecule has 0 saturated heterocycles. The molecule has 2 atom stereocenters. The lowest BCUT2D eigenvalue weighted by Gasteiger charge is -2.31. The molecule has 0 radical (unpaired) electrons. The van der Waals surface area contributed by atoms with E-state index in [0.717, 1.165) is 35.4 Å². The van der Waals surface area contributed by atoms with Crippen molar-refractivity contribution in [2.45, 2.75) is 38.3 Å². The zero-order chi connectivity index (χ0) is 20.3. The Morgan fingerprint density at radius 3 is 2.50 bits per heavy atom. The third-order valence-electron chi connectivity index (χ3n) is 5.10. The van der Waals surface area contributed by atoms with Crippen LogP contribution >= 0.6 is 0 Å².